The SMILES string of the molecule is Cc1cc(Nc2ncc3cccc(-c4ccc(C(=O)NCCOCCO)cc4)c3n2)ccc1N1CCN(C)CC1. The Kier molecular flexibility index (Phi) is 8.85. The summed E-state index contributed by atoms with van der Waals surface area (Å²) in [4.78, 5) is 26.7. The zero-order valence-electron chi connectivity index (χ0n) is 23.1. The van der Waals surface area contributed by atoms with Crippen LogP contribution in [0.2, 0.25) is 0 Å². The monoisotopic (exact) mass is 540 g/mol. The van der Waals surface area contributed by atoms with Crippen molar-refractivity contribution in [3.63, 3.8) is 0 Å². The number of likely N-dealkylation sites (N-methyl/N-ethyl adjacent to an activating group) is 1. The van der Waals surface area contributed by atoms with Gasteiger partial charge in [0.25, 0.3) is 5.91 Å². The number of benzene rings is 3. The van der Waals surface area contributed by atoms with Gasteiger partial charge >= 0.3 is 0 Å². The van der Waals surface area contributed by atoms with E-state index in [4.69, 9.17) is 14.8 Å². The van der Waals surface area contributed by atoms with Gasteiger partial charge in [0, 0.05) is 66.8 Å². The third kappa shape index (κ3) is 6.56. The van der Waals surface area contributed by atoms with Gasteiger partial charge in [-0.25, -0.2) is 9.97 Å². The summed E-state index contributed by atoms with van der Waals surface area (Å²) in [6.45, 7) is 7.33. The molecule has 9 nitrogen and oxygen atoms in total. The summed E-state index contributed by atoms with van der Waals surface area (Å²) in [7, 11) is 2.17. The van der Waals surface area contributed by atoms with E-state index in [1.807, 2.05) is 48.7 Å². The highest BCUT2D eigenvalue weighted by atomic mass is 16.5. The summed E-state index contributed by atoms with van der Waals surface area (Å²) in [5.74, 6) is 0.367. The molecule has 1 aromatic heterocycles. The molecule has 1 fully saturated rings. The highest BCUT2D eigenvalue weighted by Crippen LogP contribution is 2.30. The van der Waals surface area contributed by atoms with Gasteiger partial charge in [-0.3, -0.25) is 4.79 Å². The number of anilines is 3. The van der Waals surface area contributed by atoms with Crippen LogP contribution in [0.25, 0.3) is 22.0 Å². The minimum absolute atomic E-state index is 0.0318. The molecule has 9 heteroatoms. The Morgan fingerprint density at radius 2 is 1.82 bits per heavy atom. The number of hydrogen-bond acceptors (Lipinski definition) is 8. The summed E-state index contributed by atoms with van der Waals surface area (Å²) < 4.78 is 5.19. The molecule has 1 saturated heterocycles. The number of ether oxygens (including phenoxy) is 1. The molecule has 3 N–H and O–H groups in total. The minimum atomic E-state index is -0.167. The van der Waals surface area contributed by atoms with Gasteiger partial charge in [0.15, 0.2) is 0 Å². The predicted octanol–water partition coefficient (Wildman–Crippen LogP) is 3.84. The zero-order chi connectivity index (χ0) is 27.9. The fraction of sp³-hybridized carbons (Fsp3) is 0.323. The van der Waals surface area contributed by atoms with E-state index in [1.54, 1.807) is 0 Å². The molecule has 0 bridgehead atoms. The molecule has 0 radical (unpaired) electrons. The van der Waals surface area contributed by atoms with Crippen molar-refractivity contribution in [2.75, 3.05) is 69.8 Å². The highest BCUT2D eigenvalue weighted by molar-refractivity contribution is 5.97. The Bertz CT molecular complexity index is 1450. The van der Waals surface area contributed by atoms with E-state index in [0.29, 0.717) is 24.7 Å². The molecule has 5 rings (SSSR count). The second kappa shape index (κ2) is 12.9. The Hall–Kier alpha value is -4.05. The van der Waals surface area contributed by atoms with Crippen molar-refractivity contribution in [2.24, 2.45) is 0 Å². The number of carbonyl (C=O) groups is 1. The topological polar surface area (TPSA) is 103 Å². The largest absolute Gasteiger partial charge is 0.394 e. The van der Waals surface area contributed by atoms with Gasteiger partial charge in [-0.2, -0.15) is 0 Å². The fourth-order valence-electron chi connectivity index (χ4n) is 4.92. The average Bonchev–Trinajstić information content (AvgIpc) is 2.97. The van der Waals surface area contributed by atoms with Crippen molar-refractivity contribution in [1.82, 2.24) is 20.2 Å². The van der Waals surface area contributed by atoms with Crippen molar-refractivity contribution in [3.05, 3.63) is 78.0 Å². The number of nitrogens with zero attached hydrogens (tertiary/aromatic N) is 4. The van der Waals surface area contributed by atoms with Crippen LogP contribution in [0.3, 0.4) is 0 Å². The van der Waals surface area contributed by atoms with Crippen molar-refractivity contribution in [3.8, 4) is 11.1 Å². The number of carbonyl (C=O) groups excluding carboxylic acids is 1. The number of piperazine rings is 1. The van der Waals surface area contributed by atoms with Gasteiger partial charge in [-0.15, -0.1) is 0 Å². The molecule has 0 aliphatic carbocycles. The molecule has 0 unspecified atom stereocenters. The van der Waals surface area contributed by atoms with Crippen LogP contribution >= 0.6 is 0 Å². The van der Waals surface area contributed by atoms with Crippen LogP contribution in [0.4, 0.5) is 17.3 Å². The van der Waals surface area contributed by atoms with Gasteiger partial charge in [-0.1, -0.05) is 30.3 Å². The zero-order valence-corrected chi connectivity index (χ0v) is 23.1. The summed E-state index contributed by atoms with van der Waals surface area (Å²) >= 11 is 0. The summed E-state index contributed by atoms with van der Waals surface area (Å²) in [5.41, 5.74) is 6.77. The lowest BCUT2D eigenvalue weighted by atomic mass is 10.0. The summed E-state index contributed by atoms with van der Waals surface area (Å²) in [6.07, 6.45) is 1.83. The van der Waals surface area contributed by atoms with E-state index >= 15 is 0 Å². The molecule has 4 aromatic rings. The van der Waals surface area contributed by atoms with Gasteiger partial charge in [-0.05, 0) is 55.4 Å². The van der Waals surface area contributed by atoms with Crippen LogP contribution in [0.1, 0.15) is 15.9 Å². The van der Waals surface area contributed by atoms with Crippen molar-refractivity contribution in [2.45, 2.75) is 6.92 Å². The Morgan fingerprint density at radius 3 is 2.58 bits per heavy atom. The summed E-state index contributed by atoms with van der Waals surface area (Å²) in [6, 6.07) is 19.9. The number of amides is 1. The maximum atomic E-state index is 12.5. The molecule has 2 heterocycles. The van der Waals surface area contributed by atoms with E-state index in [2.05, 4.69) is 57.6 Å². The van der Waals surface area contributed by atoms with Crippen molar-refractivity contribution < 1.29 is 14.6 Å². The van der Waals surface area contributed by atoms with Crippen LogP contribution in [-0.2, 0) is 4.74 Å². The van der Waals surface area contributed by atoms with Crippen LogP contribution < -0.4 is 15.5 Å². The summed E-state index contributed by atoms with van der Waals surface area (Å²) in [5, 5.41) is 15.9. The van der Waals surface area contributed by atoms with Crippen molar-refractivity contribution in [1.29, 1.82) is 0 Å². The maximum Gasteiger partial charge on any atom is 0.251 e. The van der Waals surface area contributed by atoms with E-state index in [-0.39, 0.29) is 19.1 Å². The van der Waals surface area contributed by atoms with Gasteiger partial charge < -0.3 is 30.3 Å². The van der Waals surface area contributed by atoms with E-state index in [9.17, 15) is 4.79 Å². The quantitative estimate of drug-likeness (QED) is 0.261. The molecule has 0 saturated carbocycles. The molecular weight excluding hydrogens is 504 g/mol. The lowest BCUT2D eigenvalue weighted by molar-refractivity contribution is 0.0838. The molecule has 0 spiro atoms. The first kappa shape index (κ1) is 27.5. The first-order valence-electron chi connectivity index (χ1n) is 13.7. The maximum absolute atomic E-state index is 12.5. The second-order valence-electron chi connectivity index (χ2n) is 10.0. The standard InChI is InChI=1S/C31H36N6O3/c1-22-20-26(10-11-28(22)37-15-13-36(2)14-16-37)34-31-33-21-25-4-3-5-27(29(25)35-31)23-6-8-24(9-7-23)30(39)32-12-18-40-19-17-38/h3-11,20-21,38H,12-19H2,1-2H3,(H,32,39)(H,33,34,35). The first-order valence-corrected chi connectivity index (χ1v) is 13.7. The van der Waals surface area contributed by atoms with E-state index < -0.39 is 0 Å². The molecular formula is C31H36N6O3. The lowest BCUT2D eigenvalue weighted by Gasteiger charge is -2.35. The van der Waals surface area contributed by atoms with Crippen LogP contribution in [0.15, 0.2) is 66.9 Å². The van der Waals surface area contributed by atoms with Crippen molar-refractivity contribution >= 4 is 34.1 Å². The number of aliphatic hydroxyl groups is 1. The number of fused-ring (bicyclic) bond motifs is 1. The van der Waals surface area contributed by atoms with Gasteiger partial charge in [0.05, 0.1) is 25.3 Å². The molecule has 3 aromatic carbocycles. The van der Waals surface area contributed by atoms with Gasteiger partial charge in [0.2, 0.25) is 5.95 Å². The number of nitrogens with one attached hydrogen (secondary N) is 2. The minimum Gasteiger partial charge on any atom is -0.394 e. The first-order chi connectivity index (χ1) is 19.5. The number of hydrogen-bond donors (Lipinski definition) is 3. The molecule has 1 amide bonds. The normalized spacial score (nSPS) is 13.9. The van der Waals surface area contributed by atoms with Crippen LogP contribution in [0, 0.1) is 6.92 Å². The molecule has 0 atom stereocenters. The Labute approximate surface area is 234 Å². The molecule has 1 aliphatic rings. The number of rotatable bonds is 10. The Balaban J connectivity index is 1.30. The number of para-hydroxylation sites is 1. The van der Waals surface area contributed by atoms with Gasteiger partial charge in [0.1, 0.15) is 0 Å². The molecule has 208 valence electrons. The van der Waals surface area contributed by atoms with Crippen LogP contribution in [0.5, 0.6) is 0 Å². The Morgan fingerprint density at radius 1 is 1.02 bits per heavy atom. The molecule has 1 aliphatic heterocycles. The van der Waals surface area contributed by atoms with E-state index in [1.165, 1.54) is 11.3 Å². The second-order valence-corrected chi connectivity index (χ2v) is 10.0. The smallest absolute Gasteiger partial charge is 0.251 e. The average molecular weight is 541 g/mol. The third-order valence-electron chi connectivity index (χ3n) is 7.13. The lowest BCUT2D eigenvalue weighted by Crippen LogP contribution is -2.44. The third-order valence-corrected chi connectivity index (χ3v) is 7.13. The van der Waals surface area contributed by atoms with E-state index in [0.717, 1.165) is 53.9 Å². The van der Waals surface area contributed by atoms with Crippen LogP contribution in [-0.4, -0.2) is 85.5 Å². The number of aromatic nitrogens is 2. The highest BCUT2D eigenvalue weighted by Gasteiger charge is 2.16. The fourth-order valence-corrected chi connectivity index (χ4v) is 4.92. The number of aryl methyl sites for hydroxylation is 1. The number of aliphatic hydroxyl groups excluding tert-OH is 1. The predicted molar refractivity (Wildman–Crippen MR) is 159 cm³/mol. The molecule has 40 heavy (non-hydrogen) atoms.